The number of rotatable bonds is 6. The summed E-state index contributed by atoms with van der Waals surface area (Å²) in [6.45, 7) is 6.51. The van der Waals surface area contributed by atoms with Crippen molar-refractivity contribution >= 4 is 17.6 Å². The normalized spacial score (nSPS) is 28.8. The summed E-state index contributed by atoms with van der Waals surface area (Å²) in [5.41, 5.74) is 1.55. The Kier molecular flexibility index (Phi) is 5.67. The van der Waals surface area contributed by atoms with Gasteiger partial charge in [-0.2, -0.15) is 0 Å². The molecule has 0 radical (unpaired) electrons. The molecule has 1 aromatic carbocycles. The summed E-state index contributed by atoms with van der Waals surface area (Å²) in [6.07, 6.45) is 5.05. The predicted molar refractivity (Wildman–Crippen MR) is 119 cm³/mol. The maximum absolute atomic E-state index is 12.9. The lowest BCUT2D eigenvalue weighted by atomic mass is 10.0. The minimum absolute atomic E-state index is 0.115. The Balaban J connectivity index is 1.23. The van der Waals surface area contributed by atoms with E-state index in [2.05, 4.69) is 24.1 Å². The third-order valence-corrected chi connectivity index (χ3v) is 7.04. The van der Waals surface area contributed by atoms with E-state index in [4.69, 9.17) is 14.9 Å². The van der Waals surface area contributed by atoms with Crippen LogP contribution in [-0.2, 0) is 16.1 Å². The van der Waals surface area contributed by atoms with Crippen LogP contribution in [0.25, 0.3) is 0 Å². The second kappa shape index (κ2) is 8.48. The van der Waals surface area contributed by atoms with Crippen LogP contribution in [0.5, 0.6) is 5.75 Å². The number of nitrogens with zero attached hydrogens (tertiary/aromatic N) is 2. The highest BCUT2D eigenvalue weighted by molar-refractivity contribution is 6.06. The number of hydrogen-bond acceptors (Lipinski definition) is 6. The van der Waals surface area contributed by atoms with E-state index in [0.29, 0.717) is 37.1 Å². The third-order valence-electron chi connectivity index (χ3n) is 7.04. The van der Waals surface area contributed by atoms with E-state index < -0.39 is 6.04 Å². The molecule has 32 heavy (non-hydrogen) atoms. The molecule has 3 heterocycles. The Hall–Kier alpha value is -2.45. The number of carbonyl (C=O) groups excluding carboxylic acids is 2. The van der Waals surface area contributed by atoms with Crippen molar-refractivity contribution < 1.29 is 19.1 Å². The van der Waals surface area contributed by atoms with E-state index in [0.717, 1.165) is 43.7 Å². The number of benzene rings is 1. The van der Waals surface area contributed by atoms with Gasteiger partial charge in [-0.3, -0.25) is 19.9 Å². The zero-order chi connectivity index (χ0) is 22.4. The largest absolute Gasteiger partial charge is 0.489 e. The van der Waals surface area contributed by atoms with Crippen LogP contribution in [-0.4, -0.2) is 70.9 Å². The number of fused-ring (bicyclic) bond motifs is 1. The first-order valence-corrected chi connectivity index (χ1v) is 11.8. The molecule has 1 unspecified atom stereocenters. The van der Waals surface area contributed by atoms with Crippen LogP contribution in [0.15, 0.2) is 18.2 Å². The maximum atomic E-state index is 12.9. The molecule has 0 spiro atoms. The molecule has 5 rings (SSSR count). The van der Waals surface area contributed by atoms with Crippen LogP contribution in [0, 0.1) is 5.41 Å². The number of hydrogen-bond donors (Lipinski definition) is 2. The third kappa shape index (κ3) is 4.01. The summed E-state index contributed by atoms with van der Waals surface area (Å²) >= 11 is 0. The van der Waals surface area contributed by atoms with Gasteiger partial charge in [0.1, 0.15) is 17.9 Å². The van der Waals surface area contributed by atoms with Crippen molar-refractivity contribution in [2.24, 2.45) is 0 Å². The van der Waals surface area contributed by atoms with Crippen LogP contribution in [0.2, 0.25) is 0 Å². The standard InChI is InChI=1S/C24H32N4O4/c1-14(2)31-17-12-27(13-17)19-4-3-5-21(19)32-16-6-7-18-15(10-16)11-28(24(18)30)20-8-9-22(25)26-23(20)29/h6-7,10,14,17,19-21H,3-5,8-9,11-13H2,1-2H3,(H2,25,26,29)/t19-,20?,21-/m0/s1. The number of piperidine rings is 1. The van der Waals surface area contributed by atoms with Crippen molar-refractivity contribution in [3.05, 3.63) is 29.3 Å². The number of amides is 2. The molecule has 2 amide bonds. The Morgan fingerprint density at radius 3 is 2.72 bits per heavy atom. The fraction of sp³-hybridized carbons (Fsp3) is 0.625. The van der Waals surface area contributed by atoms with Crippen LogP contribution < -0.4 is 10.1 Å². The van der Waals surface area contributed by atoms with Crippen LogP contribution in [0.3, 0.4) is 0 Å². The van der Waals surface area contributed by atoms with Crippen molar-refractivity contribution in [3.63, 3.8) is 0 Å². The summed E-state index contributed by atoms with van der Waals surface area (Å²) in [5.74, 6) is 0.639. The van der Waals surface area contributed by atoms with Crippen LogP contribution in [0.4, 0.5) is 0 Å². The Morgan fingerprint density at radius 1 is 1.16 bits per heavy atom. The summed E-state index contributed by atoms with van der Waals surface area (Å²) in [6, 6.07) is 5.57. The molecule has 3 aliphatic heterocycles. The zero-order valence-electron chi connectivity index (χ0n) is 18.8. The maximum Gasteiger partial charge on any atom is 0.255 e. The topological polar surface area (TPSA) is 95.0 Å². The predicted octanol–water partition coefficient (Wildman–Crippen LogP) is 2.31. The van der Waals surface area contributed by atoms with Crippen molar-refractivity contribution in [1.29, 1.82) is 5.41 Å². The van der Waals surface area contributed by atoms with Gasteiger partial charge < -0.3 is 19.7 Å². The Labute approximate surface area is 188 Å². The Bertz CT molecular complexity index is 927. The van der Waals surface area contributed by atoms with Gasteiger partial charge in [0.2, 0.25) is 5.91 Å². The van der Waals surface area contributed by atoms with Crippen LogP contribution in [0.1, 0.15) is 61.9 Å². The lowest BCUT2D eigenvalue weighted by Gasteiger charge is -2.45. The number of nitrogens with one attached hydrogen (secondary N) is 2. The highest BCUT2D eigenvalue weighted by Crippen LogP contribution is 2.34. The summed E-state index contributed by atoms with van der Waals surface area (Å²) in [4.78, 5) is 29.3. The van der Waals surface area contributed by atoms with E-state index in [1.54, 1.807) is 4.90 Å². The van der Waals surface area contributed by atoms with E-state index in [1.807, 2.05) is 18.2 Å². The minimum atomic E-state index is -0.514. The minimum Gasteiger partial charge on any atom is -0.489 e. The lowest BCUT2D eigenvalue weighted by molar-refractivity contribution is -0.125. The molecular formula is C24H32N4O4. The fourth-order valence-corrected chi connectivity index (χ4v) is 5.50. The molecule has 2 N–H and O–H groups in total. The molecule has 1 aliphatic carbocycles. The van der Waals surface area contributed by atoms with Crippen molar-refractivity contribution in [1.82, 2.24) is 15.1 Å². The van der Waals surface area contributed by atoms with E-state index in [1.165, 1.54) is 0 Å². The molecule has 172 valence electrons. The quantitative estimate of drug-likeness (QED) is 0.708. The molecule has 1 aromatic rings. The molecule has 0 aromatic heterocycles. The first kappa shape index (κ1) is 21.4. The molecule has 8 heteroatoms. The van der Waals surface area contributed by atoms with Gasteiger partial charge in [0.15, 0.2) is 0 Å². The van der Waals surface area contributed by atoms with E-state index in [9.17, 15) is 9.59 Å². The number of likely N-dealkylation sites (tertiary alicyclic amines) is 1. The van der Waals surface area contributed by atoms with Crippen molar-refractivity contribution in [2.45, 2.75) is 82.9 Å². The summed E-state index contributed by atoms with van der Waals surface area (Å²) < 4.78 is 12.3. The van der Waals surface area contributed by atoms with Gasteiger partial charge in [-0.25, -0.2) is 0 Å². The average Bonchev–Trinajstić information content (AvgIpc) is 3.28. The fourth-order valence-electron chi connectivity index (χ4n) is 5.50. The van der Waals surface area contributed by atoms with Crippen molar-refractivity contribution in [2.75, 3.05) is 13.1 Å². The molecule has 1 saturated carbocycles. The zero-order valence-corrected chi connectivity index (χ0v) is 18.8. The molecular weight excluding hydrogens is 408 g/mol. The molecule has 0 bridgehead atoms. The molecule has 3 atom stereocenters. The second-order valence-corrected chi connectivity index (χ2v) is 9.69. The highest BCUT2D eigenvalue weighted by atomic mass is 16.5. The SMILES string of the molecule is CC(C)OC1CN([C@H]2CCC[C@@H]2Oc2ccc3c(c2)CN(C2CCC(=N)NC2=O)C3=O)C1. The second-order valence-electron chi connectivity index (χ2n) is 9.69. The number of amidine groups is 1. The first-order chi connectivity index (χ1) is 15.4. The molecule has 3 fully saturated rings. The van der Waals surface area contributed by atoms with Gasteiger partial charge in [0, 0.05) is 37.7 Å². The van der Waals surface area contributed by atoms with Crippen molar-refractivity contribution in [3.8, 4) is 5.75 Å². The van der Waals surface area contributed by atoms with Gasteiger partial charge in [-0.15, -0.1) is 0 Å². The van der Waals surface area contributed by atoms with Gasteiger partial charge >= 0.3 is 0 Å². The van der Waals surface area contributed by atoms with Gasteiger partial charge in [-0.1, -0.05) is 0 Å². The smallest absolute Gasteiger partial charge is 0.255 e. The monoisotopic (exact) mass is 440 g/mol. The lowest BCUT2D eigenvalue weighted by Crippen LogP contribution is -2.59. The number of carbonyl (C=O) groups is 2. The van der Waals surface area contributed by atoms with Crippen LogP contribution >= 0.6 is 0 Å². The van der Waals surface area contributed by atoms with Gasteiger partial charge in [-0.05, 0) is 63.3 Å². The van der Waals surface area contributed by atoms with Gasteiger partial charge in [0.25, 0.3) is 5.91 Å². The highest BCUT2D eigenvalue weighted by Gasteiger charge is 2.41. The van der Waals surface area contributed by atoms with E-state index >= 15 is 0 Å². The number of ether oxygens (including phenoxy) is 2. The summed E-state index contributed by atoms with van der Waals surface area (Å²) in [5, 5.41) is 10.2. The average molecular weight is 441 g/mol. The Morgan fingerprint density at radius 2 is 1.97 bits per heavy atom. The molecule has 8 nitrogen and oxygen atoms in total. The van der Waals surface area contributed by atoms with Gasteiger partial charge in [0.05, 0.1) is 18.0 Å². The molecule has 2 saturated heterocycles. The first-order valence-electron chi connectivity index (χ1n) is 11.8. The van der Waals surface area contributed by atoms with E-state index in [-0.39, 0.29) is 29.9 Å². The summed E-state index contributed by atoms with van der Waals surface area (Å²) in [7, 11) is 0. The molecule has 4 aliphatic rings.